The van der Waals surface area contributed by atoms with Crippen molar-refractivity contribution in [3.05, 3.63) is 30.2 Å². The van der Waals surface area contributed by atoms with Crippen molar-refractivity contribution >= 4 is 29.1 Å². The molecule has 0 radical (unpaired) electrons. The number of amides is 1. The molecule has 1 amide bonds. The van der Waals surface area contributed by atoms with Crippen molar-refractivity contribution in [3.8, 4) is 0 Å². The van der Waals surface area contributed by atoms with Crippen LogP contribution < -0.4 is 5.32 Å². The molecular formula is C23H29F3N4O3. The SMILES string of the molecule is N=CN(CC(F)(F)F)[C@@H](CC1CCCCC1)C(=O)NCCCC(=O)c1nc2ccccc2o1. The molecule has 2 N–H and O–H groups in total. The van der Waals surface area contributed by atoms with Crippen LogP contribution in [0.15, 0.2) is 28.7 Å². The molecule has 10 heteroatoms. The minimum Gasteiger partial charge on any atom is -0.434 e. The van der Waals surface area contributed by atoms with Crippen LogP contribution in [0.1, 0.15) is 62.1 Å². The number of alkyl halides is 3. The maximum absolute atomic E-state index is 13.0. The molecule has 1 aliphatic rings. The summed E-state index contributed by atoms with van der Waals surface area (Å²) in [7, 11) is 0. The highest BCUT2D eigenvalue weighted by molar-refractivity contribution is 5.94. The highest BCUT2D eigenvalue weighted by atomic mass is 19.4. The lowest BCUT2D eigenvalue weighted by molar-refractivity contribution is -0.146. The largest absolute Gasteiger partial charge is 0.434 e. The molecule has 0 unspecified atom stereocenters. The number of hydrogen-bond donors (Lipinski definition) is 2. The van der Waals surface area contributed by atoms with Crippen molar-refractivity contribution in [2.45, 2.75) is 63.6 Å². The first-order valence-electron chi connectivity index (χ1n) is 11.3. The number of carbonyl (C=O) groups is 2. The number of rotatable bonds is 11. The second-order valence-corrected chi connectivity index (χ2v) is 8.48. The van der Waals surface area contributed by atoms with Crippen LogP contribution >= 0.6 is 0 Å². The van der Waals surface area contributed by atoms with E-state index in [4.69, 9.17) is 9.83 Å². The van der Waals surface area contributed by atoms with E-state index in [1.807, 2.05) is 0 Å². The van der Waals surface area contributed by atoms with E-state index < -0.39 is 24.7 Å². The normalized spacial score (nSPS) is 15.8. The second kappa shape index (κ2) is 11.3. The average Bonchev–Trinajstić information content (AvgIpc) is 3.23. The second-order valence-electron chi connectivity index (χ2n) is 8.48. The van der Waals surface area contributed by atoms with Gasteiger partial charge in [-0.2, -0.15) is 13.2 Å². The van der Waals surface area contributed by atoms with Gasteiger partial charge in [-0.15, -0.1) is 0 Å². The Morgan fingerprint density at radius 1 is 1.24 bits per heavy atom. The van der Waals surface area contributed by atoms with Crippen molar-refractivity contribution in [3.63, 3.8) is 0 Å². The van der Waals surface area contributed by atoms with Gasteiger partial charge in [0, 0.05) is 13.0 Å². The van der Waals surface area contributed by atoms with Gasteiger partial charge in [-0.05, 0) is 30.9 Å². The Morgan fingerprint density at radius 2 is 1.97 bits per heavy atom. The zero-order valence-electron chi connectivity index (χ0n) is 18.4. The summed E-state index contributed by atoms with van der Waals surface area (Å²) in [5, 5.41) is 10.1. The highest BCUT2D eigenvalue weighted by Crippen LogP contribution is 2.29. The number of fused-ring (bicyclic) bond motifs is 1. The third-order valence-corrected chi connectivity index (χ3v) is 5.92. The molecule has 1 atom stereocenters. The topological polar surface area (TPSA) is 99.3 Å². The van der Waals surface area contributed by atoms with E-state index in [1.165, 1.54) is 0 Å². The van der Waals surface area contributed by atoms with E-state index in [-0.39, 0.29) is 37.0 Å². The van der Waals surface area contributed by atoms with Crippen molar-refractivity contribution < 1.29 is 27.2 Å². The number of oxazole rings is 1. The van der Waals surface area contributed by atoms with Gasteiger partial charge in [-0.25, -0.2) is 4.98 Å². The van der Waals surface area contributed by atoms with Crippen molar-refractivity contribution in [1.29, 1.82) is 5.41 Å². The van der Waals surface area contributed by atoms with E-state index in [0.717, 1.165) is 37.0 Å². The summed E-state index contributed by atoms with van der Waals surface area (Å²) < 4.78 is 44.4. The molecule has 7 nitrogen and oxygen atoms in total. The van der Waals surface area contributed by atoms with Gasteiger partial charge in [0.05, 0.1) is 6.34 Å². The van der Waals surface area contributed by atoms with Crippen molar-refractivity contribution in [2.24, 2.45) is 5.92 Å². The molecule has 0 saturated heterocycles. The minimum atomic E-state index is -4.52. The van der Waals surface area contributed by atoms with E-state index in [0.29, 0.717) is 23.9 Å². The number of Topliss-reactive ketones (excluding diaryl/α,β-unsaturated/α-hetero) is 1. The predicted molar refractivity (Wildman–Crippen MR) is 117 cm³/mol. The number of hydrogen-bond acceptors (Lipinski definition) is 5. The lowest BCUT2D eigenvalue weighted by Gasteiger charge is -2.33. The molecule has 1 aromatic heterocycles. The Morgan fingerprint density at radius 3 is 2.64 bits per heavy atom. The lowest BCUT2D eigenvalue weighted by Crippen LogP contribution is -2.50. The van der Waals surface area contributed by atoms with Crippen LogP contribution in [0, 0.1) is 11.3 Å². The summed E-state index contributed by atoms with van der Waals surface area (Å²) in [5.74, 6) is -0.705. The molecular weight excluding hydrogens is 437 g/mol. The van der Waals surface area contributed by atoms with Crippen LogP contribution in [-0.4, -0.2) is 53.2 Å². The van der Waals surface area contributed by atoms with Crippen LogP contribution in [-0.2, 0) is 4.79 Å². The molecule has 0 aliphatic heterocycles. The smallest absolute Gasteiger partial charge is 0.405 e. The highest BCUT2D eigenvalue weighted by Gasteiger charge is 2.36. The molecule has 1 saturated carbocycles. The fourth-order valence-corrected chi connectivity index (χ4v) is 4.26. The Labute approximate surface area is 190 Å². The van der Waals surface area contributed by atoms with Gasteiger partial charge < -0.3 is 14.6 Å². The molecule has 180 valence electrons. The first kappa shape index (κ1) is 24.7. The third kappa shape index (κ3) is 7.30. The summed E-state index contributed by atoms with van der Waals surface area (Å²) >= 11 is 0. The number of ketones is 1. The van der Waals surface area contributed by atoms with Gasteiger partial charge in [0.1, 0.15) is 18.1 Å². The van der Waals surface area contributed by atoms with Gasteiger partial charge >= 0.3 is 6.18 Å². The van der Waals surface area contributed by atoms with Gasteiger partial charge in [0.2, 0.25) is 11.7 Å². The Balaban J connectivity index is 1.54. The van der Waals surface area contributed by atoms with Crippen LogP contribution in [0.4, 0.5) is 13.2 Å². The third-order valence-electron chi connectivity index (χ3n) is 5.92. The Kier molecular flexibility index (Phi) is 8.46. The number of benzene rings is 1. The molecule has 1 aromatic carbocycles. The maximum atomic E-state index is 13.0. The summed E-state index contributed by atoms with van der Waals surface area (Å²) in [6.45, 7) is -1.22. The maximum Gasteiger partial charge on any atom is 0.405 e. The molecule has 0 spiro atoms. The average molecular weight is 467 g/mol. The van der Waals surface area contributed by atoms with Crippen molar-refractivity contribution in [1.82, 2.24) is 15.2 Å². The van der Waals surface area contributed by atoms with E-state index in [1.54, 1.807) is 24.3 Å². The van der Waals surface area contributed by atoms with Gasteiger partial charge in [0.15, 0.2) is 5.58 Å². The standard InChI is InChI=1S/C23H29F3N4O3/c24-23(25,26)14-30(15-27)18(13-16-7-2-1-3-8-16)21(32)28-12-6-10-19(31)22-29-17-9-4-5-11-20(17)33-22/h4-5,9,11,15-16,18,27H,1-3,6-8,10,12-14H2,(H,28,32)/t18-/m0/s1. The Bertz CT molecular complexity index is 921. The minimum absolute atomic E-state index is 0.00198. The first-order valence-corrected chi connectivity index (χ1v) is 11.3. The lowest BCUT2D eigenvalue weighted by atomic mass is 9.84. The zero-order chi connectivity index (χ0) is 23.8. The summed E-state index contributed by atoms with van der Waals surface area (Å²) in [4.78, 5) is 30.0. The molecule has 1 heterocycles. The number of para-hydroxylation sites is 2. The van der Waals surface area contributed by atoms with Gasteiger partial charge in [0.25, 0.3) is 5.89 Å². The molecule has 2 aromatic rings. The van der Waals surface area contributed by atoms with Crippen molar-refractivity contribution in [2.75, 3.05) is 13.1 Å². The predicted octanol–water partition coefficient (Wildman–Crippen LogP) is 4.72. The van der Waals surface area contributed by atoms with Crippen LogP contribution in [0.5, 0.6) is 0 Å². The summed E-state index contributed by atoms with van der Waals surface area (Å²) in [5.41, 5.74) is 1.09. The van der Waals surface area contributed by atoms with E-state index in [2.05, 4.69) is 10.3 Å². The number of halogens is 3. The zero-order valence-corrected chi connectivity index (χ0v) is 18.4. The Hall–Kier alpha value is -2.91. The van der Waals surface area contributed by atoms with Crippen LogP contribution in [0.2, 0.25) is 0 Å². The van der Waals surface area contributed by atoms with Crippen LogP contribution in [0.25, 0.3) is 11.1 Å². The molecule has 0 bridgehead atoms. The summed E-state index contributed by atoms with van der Waals surface area (Å²) in [6.07, 6.45) is 1.58. The van der Waals surface area contributed by atoms with Gasteiger partial charge in [-0.3, -0.25) is 15.0 Å². The first-order chi connectivity index (χ1) is 15.8. The molecule has 1 fully saturated rings. The monoisotopic (exact) mass is 466 g/mol. The number of aromatic nitrogens is 1. The van der Waals surface area contributed by atoms with E-state index in [9.17, 15) is 22.8 Å². The fraction of sp³-hybridized carbons (Fsp3) is 0.565. The number of carbonyl (C=O) groups excluding carboxylic acids is 2. The fourth-order valence-electron chi connectivity index (χ4n) is 4.26. The molecule has 33 heavy (non-hydrogen) atoms. The number of nitrogens with one attached hydrogen (secondary N) is 2. The quantitative estimate of drug-likeness (QED) is 0.216. The summed E-state index contributed by atoms with van der Waals surface area (Å²) in [6, 6.07) is 5.94. The number of nitrogens with zero attached hydrogens (tertiary/aromatic N) is 2. The van der Waals surface area contributed by atoms with E-state index >= 15 is 0 Å². The molecule has 1 aliphatic carbocycles. The molecule has 3 rings (SSSR count). The van der Waals surface area contributed by atoms with Crippen LogP contribution in [0.3, 0.4) is 0 Å². The van der Waals surface area contributed by atoms with Gasteiger partial charge in [-0.1, -0.05) is 44.2 Å².